The topological polar surface area (TPSA) is 93.1 Å². The fraction of sp³-hybridized carbons (Fsp3) is 0.524. The number of carbonyl (C=O) groups is 2. The lowest BCUT2D eigenvalue weighted by atomic mass is 9.53. The lowest BCUT2D eigenvalue weighted by Crippen LogP contribution is -2.62. The van der Waals surface area contributed by atoms with E-state index in [0.717, 1.165) is 37.0 Å². The van der Waals surface area contributed by atoms with Crippen LogP contribution in [0.25, 0.3) is 10.9 Å². The van der Waals surface area contributed by atoms with Crippen molar-refractivity contribution in [1.29, 1.82) is 0 Å². The lowest BCUT2D eigenvalue weighted by Gasteiger charge is -2.56. The fourth-order valence-corrected chi connectivity index (χ4v) is 6.12. The van der Waals surface area contributed by atoms with Gasteiger partial charge in [-0.25, -0.2) is 4.79 Å². The zero-order valence-corrected chi connectivity index (χ0v) is 15.7. The highest BCUT2D eigenvalue weighted by molar-refractivity contribution is 5.95. The molecular formula is C21H24N4O3. The number of para-hydroxylation sites is 1. The molecule has 4 saturated carbocycles. The average Bonchev–Trinajstić information content (AvgIpc) is 2.62. The summed E-state index contributed by atoms with van der Waals surface area (Å²) in [6, 6.07) is 6.59. The van der Waals surface area contributed by atoms with Crippen LogP contribution in [0, 0.1) is 17.8 Å². The van der Waals surface area contributed by atoms with Gasteiger partial charge in [0, 0.05) is 10.9 Å². The minimum absolute atomic E-state index is 0.116. The number of carbonyl (C=O) groups excluding carboxylic acids is 2. The van der Waals surface area contributed by atoms with Gasteiger partial charge in [-0.3, -0.25) is 19.6 Å². The molecule has 6 rings (SSSR count). The lowest BCUT2D eigenvalue weighted by molar-refractivity contribution is -0.120. The largest absolute Gasteiger partial charge is 0.332 e. The molecule has 4 fully saturated rings. The van der Waals surface area contributed by atoms with Crippen LogP contribution < -0.4 is 16.1 Å². The van der Waals surface area contributed by atoms with Gasteiger partial charge in [0.05, 0.1) is 11.7 Å². The Morgan fingerprint density at radius 3 is 2.39 bits per heavy atom. The summed E-state index contributed by atoms with van der Waals surface area (Å²) in [5, 5.41) is 10.1. The maximum atomic E-state index is 12.5. The first-order valence-corrected chi connectivity index (χ1v) is 10.1. The number of aromatic nitrogens is 2. The Morgan fingerprint density at radius 2 is 1.71 bits per heavy atom. The Hall–Kier alpha value is -2.70. The molecule has 7 nitrogen and oxygen atoms in total. The van der Waals surface area contributed by atoms with Crippen molar-refractivity contribution >= 4 is 22.8 Å². The van der Waals surface area contributed by atoms with Gasteiger partial charge in [0.1, 0.15) is 6.54 Å². The molecule has 0 unspecified atom stereocenters. The fourth-order valence-electron chi connectivity index (χ4n) is 6.12. The zero-order chi connectivity index (χ0) is 19.3. The number of nitrogens with one attached hydrogen (secondary N) is 2. The van der Waals surface area contributed by atoms with E-state index in [2.05, 4.69) is 15.7 Å². The molecule has 2 N–H and O–H groups in total. The van der Waals surface area contributed by atoms with Crippen LogP contribution in [0.3, 0.4) is 0 Å². The molecule has 1 heterocycles. The van der Waals surface area contributed by atoms with Gasteiger partial charge in [0.2, 0.25) is 11.3 Å². The maximum Gasteiger partial charge on any atom is 0.321 e. The van der Waals surface area contributed by atoms with E-state index >= 15 is 0 Å². The molecule has 0 aliphatic heterocycles. The third kappa shape index (κ3) is 3.08. The Labute approximate surface area is 162 Å². The normalized spacial score (nSPS) is 30.4. The van der Waals surface area contributed by atoms with E-state index < -0.39 is 11.9 Å². The number of rotatable bonds is 3. The number of hydrogen-bond donors (Lipinski definition) is 2. The van der Waals surface area contributed by atoms with Crippen molar-refractivity contribution in [3.05, 3.63) is 40.7 Å². The molecule has 4 aliphatic carbocycles. The van der Waals surface area contributed by atoms with Crippen molar-refractivity contribution < 1.29 is 9.59 Å². The van der Waals surface area contributed by atoms with Gasteiger partial charge < -0.3 is 5.32 Å². The van der Waals surface area contributed by atoms with Gasteiger partial charge in [0.25, 0.3) is 0 Å². The second-order valence-corrected chi connectivity index (χ2v) is 8.88. The highest BCUT2D eigenvalue weighted by Gasteiger charge is 2.51. The van der Waals surface area contributed by atoms with Crippen LogP contribution in [0.4, 0.5) is 4.79 Å². The third-order valence-electron chi connectivity index (χ3n) is 6.73. The van der Waals surface area contributed by atoms with Crippen LogP contribution in [-0.4, -0.2) is 27.3 Å². The molecular weight excluding hydrogens is 356 g/mol. The summed E-state index contributed by atoms with van der Waals surface area (Å²) in [5.74, 6) is 1.72. The van der Waals surface area contributed by atoms with Crippen LogP contribution in [0.2, 0.25) is 0 Å². The molecule has 4 bridgehead atoms. The molecule has 28 heavy (non-hydrogen) atoms. The van der Waals surface area contributed by atoms with Crippen LogP contribution >= 0.6 is 0 Å². The average molecular weight is 380 g/mol. The van der Waals surface area contributed by atoms with E-state index in [1.165, 1.54) is 30.1 Å². The molecule has 4 aliphatic rings. The predicted octanol–water partition coefficient (Wildman–Crippen LogP) is 2.19. The summed E-state index contributed by atoms with van der Waals surface area (Å²) in [7, 11) is 0. The first-order chi connectivity index (χ1) is 13.5. The van der Waals surface area contributed by atoms with Gasteiger partial charge in [-0.15, -0.1) is 0 Å². The second kappa shape index (κ2) is 6.43. The van der Waals surface area contributed by atoms with Crippen LogP contribution in [-0.2, 0) is 11.3 Å². The Bertz CT molecular complexity index is 977. The number of hydrogen-bond acceptors (Lipinski definition) is 4. The molecule has 1 aromatic heterocycles. The minimum atomic E-state index is -0.441. The number of imide groups is 1. The zero-order valence-electron chi connectivity index (χ0n) is 15.7. The summed E-state index contributed by atoms with van der Waals surface area (Å²) in [4.78, 5) is 36.9. The molecule has 1 aromatic carbocycles. The van der Waals surface area contributed by atoms with E-state index in [0.29, 0.717) is 10.9 Å². The van der Waals surface area contributed by atoms with Crippen molar-refractivity contribution in [2.24, 2.45) is 17.8 Å². The molecule has 0 atom stereocenters. The van der Waals surface area contributed by atoms with E-state index in [1.807, 2.05) is 0 Å². The number of nitrogens with zero attached hydrogens (tertiary/aromatic N) is 2. The predicted molar refractivity (Wildman–Crippen MR) is 104 cm³/mol. The molecule has 0 saturated heterocycles. The number of benzene rings is 1. The maximum absolute atomic E-state index is 12.5. The van der Waals surface area contributed by atoms with Crippen molar-refractivity contribution in [3.8, 4) is 0 Å². The molecule has 2 aromatic rings. The molecule has 7 heteroatoms. The SMILES string of the molecule is O=C(Cn1ncc(=O)c2ccccc21)NC(=O)NC12CC3CC(CC(C3)C1)C2. The molecule has 146 valence electrons. The molecule has 3 amide bonds. The number of fused-ring (bicyclic) bond motifs is 1. The standard InChI is InChI=1S/C21H24N4O3/c26-18-11-22-25(17-4-2-1-3-16(17)18)12-19(27)23-20(28)24-21-8-13-5-14(9-21)7-15(6-13)10-21/h1-4,11,13-15H,5-10,12H2,(H2,23,24,27,28). The third-order valence-corrected chi connectivity index (χ3v) is 6.73. The summed E-state index contributed by atoms with van der Waals surface area (Å²) >= 11 is 0. The van der Waals surface area contributed by atoms with Crippen molar-refractivity contribution in [1.82, 2.24) is 20.4 Å². The monoisotopic (exact) mass is 380 g/mol. The van der Waals surface area contributed by atoms with Crippen LogP contribution in [0.15, 0.2) is 35.3 Å². The van der Waals surface area contributed by atoms with E-state index in [4.69, 9.17) is 0 Å². The van der Waals surface area contributed by atoms with E-state index in [-0.39, 0.29) is 17.5 Å². The summed E-state index contributed by atoms with van der Waals surface area (Å²) in [6.07, 6.45) is 8.20. The quantitative estimate of drug-likeness (QED) is 0.854. The highest BCUT2D eigenvalue weighted by atomic mass is 16.2. The minimum Gasteiger partial charge on any atom is -0.332 e. The van der Waals surface area contributed by atoms with Gasteiger partial charge in [-0.05, 0) is 68.4 Å². The Balaban J connectivity index is 1.26. The first kappa shape index (κ1) is 17.4. The van der Waals surface area contributed by atoms with Crippen molar-refractivity contribution in [2.75, 3.05) is 0 Å². The number of amides is 3. The molecule has 0 radical (unpaired) electrons. The van der Waals surface area contributed by atoms with Crippen molar-refractivity contribution in [3.63, 3.8) is 0 Å². The van der Waals surface area contributed by atoms with Gasteiger partial charge in [0.15, 0.2) is 0 Å². The highest BCUT2D eigenvalue weighted by Crippen LogP contribution is 2.55. The summed E-state index contributed by atoms with van der Waals surface area (Å²) in [5.41, 5.74) is 0.250. The van der Waals surface area contributed by atoms with Gasteiger partial charge in [-0.1, -0.05) is 12.1 Å². The van der Waals surface area contributed by atoms with E-state index in [9.17, 15) is 14.4 Å². The number of urea groups is 1. The van der Waals surface area contributed by atoms with E-state index in [1.54, 1.807) is 24.3 Å². The first-order valence-electron chi connectivity index (χ1n) is 10.1. The van der Waals surface area contributed by atoms with Crippen LogP contribution in [0.1, 0.15) is 38.5 Å². The van der Waals surface area contributed by atoms with Crippen molar-refractivity contribution in [2.45, 2.75) is 50.6 Å². The molecule has 0 spiro atoms. The smallest absolute Gasteiger partial charge is 0.321 e. The second-order valence-electron chi connectivity index (χ2n) is 8.88. The van der Waals surface area contributed by atoms with Gasteiger partial charge >= 0.3 is 6.03 Å². The summed E-state index contributed by atoms with van der Waals surface area (Å²) < 4.78 is 1.45. The van der Waals surface area contributed by atoms with Gasteiger partial charge in [-0.2, -0.15) is 5.10 Å². The van der Waals surface area contributed by atoms with Crippen LogP contribution in [0.5, 0.6) is 0 Å². The Kier molecular flexibility index (Phi) is 4.00. The Morgan fingerprint density at radius 1 is 1.07 bits per heavy atom. The summed E-state index contributed by atoms with van der Waals surface area (Å²) in [6.45, 7) is -0.116.